The summed E-state index contributed by atoms with van der Waals surface area (Å²) in [6.45, 7) is 1.73. The Kier molecular flexibility index (Phi) is 10.6. The molecular formula is C31H38F5N3O5. The highest BCUT2D eigenvalue weighted by Crippen LogP contribution is 2.45. The Morgan fingerprint density at radius 2 is 1.77 bits per heavy atom. The first-order chi connectivity index (χ1) is 20.8. The number of benzene rings is 1. The number of piperidine rings is 1. The van der Waals surface area contributed by atoms with Crippen molar-refractivity contribution in [2.24, 2.45) is 11.8 Å². The highest BCUT2D eigenvalue weighted by molar-refractivity contribution is 6.00. The van der Waals surface area contributed by atoms with Crippen LogP contribution in [-0.4, -0.2) is 80.9 Å². The van der Waals surface area contributed by atoms with Gasteiger partial charge in [-0.05, 0) is 74.1 Å². The number of pyridine rings is 1. The van der Waals surface area contributed by atoms with Crippen LogP contribution in [0.2, 0.25) is 0 Å². The minimum absolute atomic E-state index is 0.00928. The van der Waals surface area contributed by atoms with Crippen molar-refractivity contribution in [1.82, 2.24) is 9.88 Å². The molecule has 2 heterocycles. The zero-order chi connectivity index (χ0) is 32.1. The smallest absolute Gasteiger partial charge is 0.455 e. The molecule has 0 spiro atoms. The molecule has 1 saturated heterocycles. The number of aromatic nitrogens is 1. The second-order valence-corrected chi connectivity index (χ2v) is 11.4. The molecule has 2 fully saturated rings. The van der Waals surface area contributed by atoms with E-state index in [2.05, 4.69) is 4.98 Å². The van der Waals surface area contributed by atoms with Crippen LogP contribution in [0, 0.1) is 11.8 Å². The Balaban J connectivity index is 1.38. The number of carbonyl (C=O) groups is 2. The molecule has 0 bridgehead atoms. The number of hydrogen-bond acceptors (Lipinski definition) is 7. The van der Waals surface area contributed by atoms with E-state index in [0.29, 0.717) is 73.7 Å². The van der Waals surface area contributed by atoms with Crippen LogP contribution in [0.3, 0.4) is 0 Å². The summed E-state index contributed by atoms with van der Waals surface area (Å²) in [7, 11) is 2.36. The third kappa shape index (κ3) is 8.29. The van der Waals surface area contributed by atoms with Gasteiger partial charge in [-0.25, -0.2) is 4.98 Å². The second-order valence-electron chi connectivity index (χ2n) is 11.4. The molecule has 1 atom stereocenters. The van der Waals surface area contributed by atoms with Crippen LogP contribution in [0.25, 0.3) is 0 Å². The van der Waals surface area contributed by atoms with Crippen LogP contribution >= 0.6 is 0 Å². The Morgan fingerprint density at radius 3 is 2.39 bits per heavy atom. The van der Waals surface area contributed by atoms with E-state index >= 15 is 0 Å². The molecule has 8 nitrogen and oxygen atoms in total. The fourth-order valence-corrected chi connectivity index (χ4v) is 5.48. The quantitative estimate of drug-likeness (QED) is 0.196. The predicted octanol–water partition coefficient (Wildman–Crippen LogP) is 6.10. The number of amides is 1. The summed E-state index contributed by atoms with van der Waals surface area (Å²) in [5, 5.41) is 0. The van der Waals surface area contributed by atoms with Gasteiger partial charge in [0.15, 0.2) is 0 Å². The van der Waals surface area contributed by atoms with E-state index in [1.165, 1.54) is 19.2 Å². The van der Waals surface area contributed by atoms with Gasteiger partial charge < -0.3 is 24.0 Å². The number of carbonyl (C=O) groups excluding carboxylic acids is 2. The number of ether oxygens (including phenoxy) is 3. The number of rotatable bonds is 13. The van der Waals surface area contributed by atoms with Crippen LogP contribution < -0.4 is 14.4 Å². The van der Waals surface area contributed by atoms with E-state index in [9.17, 15) is 31.5 Å². The number of alkyl halides is 5. The zero-order valence-corrected chi connectivity index (χ0v) is 25.0. The lowest BCUT2D eigenvalue weighted by Gasteiger charge is -2.35. The van der Waals surface area contributed by atoms with Gasteiger partial charge in [0.25, 0.3) is 5.91 Å². The molecular weight excluding hydrogens is 589 g/mol. The zero-order valence-electron chi connectivity index (χ0n) is 25.0. The Morgan fingerprint density at radius 1 is 1.07 bits per heavy atom. The van der Waals surface area contributed by atoms with Crippen molar-refractivity contribution in [3.63, 3.8) is 0 Å². The van der Waals surface area contributed by atoms with Crippen molar-refractivity contribution >= 4 is 17.6 Å². The minimum Gasteiger partial charge on any atom is -0.497 e. The molecule has 1 amide bonds. The van der Waals surface area contributed by atoms with Gasteiger partial charge in [-0.3, -0.25) is 9.59 Å². The molecule has 1 aromatic carbocycles. The molecule has 1 saturated carbocycles. The Hall–Kier alpha value is -3.64. The van der Waals surface area contributed by atoms with Gasteiger partial charge in [-0.15, -0.1) is 0 Å². The van der Waals surface area contributed by atoms with Crippen LogP contribution in [-0.2, 0) is 9.53 Å². The highest BCUT2D eigenvalue weighted by atomic mass is 19.4. The molecule has 0 radical (unpaired) electrons. The number of esters is 1. The normalized spacial score (nSPS) is 16.8. The summed E-state index contributed by atoms with van der Waals surface area (Å²) < 4.78 is 82.1. The lowest BCUT2D eigenvalue weighted by molar-refractivity contribution is -0.283. The summed E-state index contributed by atoms with van der Waals surface area (Å²) in [6, 6.07) is 8.21. The molecule has 0 N–H and O–H groups in total. The highest BCUT2D eigenvalue weighted by Gasteiger charge is 2.58. The maximum Gasteiger partial charge on any atom is 0.455 e. The van der Waals surface area contributed by atoms with Crippen molar-refractivity contribution in [3.8, 4) is 11.6 Å². The summed E-state index contributed by atoms with van der Waals surface area (Å²) in [6.07, 6.45) is -0.282. The first kappa shape index (κ1) is 33.3. The monoisotopic (exact) mass is 627 g/mol. The molecule has 1 aliphatic carbocycles. The number of nitrogens with zero attached hydrogens (tertiary/aromatic N) is 3. The average Bonchev–Trinajstić information content (AvgIpc) is 3.83. The summed E-state index contributed by atoms with van der Waals surface area (Å²) in [5.74, 6) is -4.67. The van der Waals surface area contributed by atoms with Gasteiger partial charge in [-0.1, -0.05) is 0 Å². The van der Waals surface area contributed by atoms with Gasteiger partial charge in [0.05, 0.1) is 44.5 Å². The molecule has 2 aromatic rings. The first-order valence-corrected chi connectivity index (χ1v) is 14.7. The Labute approximate surface area is 253 Å². The lowest BCUT2D eigenvalue weighted by Crippen LogP contribution is -2.47. The maximum absolute atomic E-state index is 13.7. The fourth-order valence-electron chi connectivity index (χ4n) is 5.48. The van der Waals surface area contributed by atoms with Gasteiger partial charge in [0, 0.05) is 38.5 Å². The number of anilines is 1. The van der Waals surface area contributed by atoms with Crippen molar-refractivity contribution in [1.29, 1.82) is 0 Å². The topological polar surface area (TPSA) is 81.2 Å². The van der Waals surface area contributed by atoms with E-state index < -0.39 is 24.6 Å². The van der Waals surface area contributed by atoms with E-state index in [1.807, 2.05) is 17.0 Å². The minimum atomic E-state index is -5.77. The molecule has 4 rings (SSSR count). The molecule has 1 unspecified atom stereocenters. The number of methoxy groups -OCH3 is 1. The van der Waals surface area contributed by atoms with Crippen molar-refractivity contribution < 1.29 is 45.8 Å². The third-order valence-electron chi connectivity index (χ3n) is 8.12. The van der Waals surface area contributed by atoms with Gasteiger partial charge in [0.1, 0.15) is 5.75 Å². The number of hydrogen-bond donors (Lipinski definition) is 0. The standard InChI is InChI=1S/C31H38F5N3O5/c1-4-43-28(40)17-25(21-5-6-21)22-9-12-37-27(15-22)44-18-20-10-13-39(14-11-20)26-16-23(42-3)7-8-24(26)29(41)38(2)19-30(32,33)31(34,35)36/h7-9,12,15-16,20-21,25H,4-6,10-11,13-14,17-19H2,1-3H3. The van der Waals surface area contributed by atoms with Crippen molar-refractivity contribution in [2.45, 2.75) is 57.0 Å². The van der Waals surface area contributed by atoms with Gasteiger partial charge in [-0.2, -0.15) is 22.0 Å². The summed E-state index contributed by atoms with van der Waals surface area (Å²) in [5.41, 5.74) is 1.40. The van der Waals surface area contributed by atoms with Crippen molar-refractivity contribution in [2.75, 3.05) is 51.9 Å². The second kappa shape index (κ2) is 14.0. The predicted molar refractivity (Wildman–Crippen MR) is 152 cm³/mol. The molecule has 1 aliphatic heterocycles. The molecule has 13 heteroatoms. The first-order valence-electron chi connectivity index (χ1n) is 14.7. The third-order valence-corrected chi connectivity index (χ3v) is 8.12. The largest absolute Gasteiger partial charge is 0.497 e. The van der Waals surface area contributed by atoms with Gasteiger partial charge in [0.2, 0.25) is 5.88 Å². The SMILES string of the molecule is CCOC(=O)CC(c1ccnc(OCC2CCN(c3cc(OC)ccc3C(=O)N(C)CC(F)(F)C(F)(F)F)CC2)c1)C1CC1. The Bertz CT molecular complexity index is 1300. The number of halogens is 5. The van der Waals surface area contributed by atoms with E-state index in [1.54, 1.807) is 19.2 Å². The fraction of sp³-hybridized carbons (Fsp3) is 0.581. The average molecular weight is 628 g/mol. The molecule has 242 valence electrons. The van der Waals surface area contributed by atoms with Crippen molar-refractivity contribution in [3.05, 3.63) is 47.7 Å². The molecule has 2 aliphatic rings. The summed E-state index contributed by atoms with van der Waals surface area (Å²) in [4.78, 5) is 31.8. The van der Waals surface area contributed by atoms with Gasteiger partial charge >= 0.3 is 18.1 Å². The molecule has 44 heavy (non-hydrogen) atoms. The van der Waals surface area contributed by atoms with E-state index in [4.69, 9.17) is 14.2 Å². The van der Waals surface area contributed by atoms with Crippen LogP contribution in [0.1, 0.15) is 60.9 Å². The maximum atomic E-state index is 13.7. The van der Waals surface area contributed by atoms with E-state index in [-0.39, 0.29) is 23.4 Å². The van der Waals surface area contributed by atoms with Crippen LogP contribution in [0.4, 0.5) is 27.6 Å². The van der Waals surface area contributed by atoms with E-state index in [0.717, 1.165) is 25.5 Å². The molecule has 1 aromatic heterocycles. The van der Waals surface area contributed by atoms with Crippen LogP contribution in [0.5, 0.6) is 11.6 Å². The lowest BCUT2D eigenvalue weighted by atomic mass is 9.92. The summed E-state index contributed by atoms with van der Waals surface area (Å²) >= 11 is 0. The van der Waals surface area contributed by atoms with Crippen LogP contribution in [0.15, 0.2) is 36.5 Å².